The fraction of sp³-hybridized carbons (Fsp3) is 0.292. The second-order valence-electron chi connectivity index (χ2n) is 7.55. The van der Waals surface area contributed by atoms with Crippen LogP contribution in [-0.4, -0.2) is 62.0 Å². The van der Waals surface area contributed by atoms with Crippen LogP contribution in [0, 0.1) is 6.92 Å². The molecule has 8 nitrogen and oxygen atoms in total. The first-order valence-corrected chi connectivity index (χ1v) is 10.9. The van der Waals surface area contributed by atoms with Crippen LogP contribution in [0.3, 0.4) is 0 Å². The van der Waals surface area contributed by atoms with E-state index in [2.05, 4.69) is 15.5 Å². The lowest BCUT2D eigenvalue weighted by Gasteiger charge is -2.26. The molecule has 3 aromatic rings. The second kappa shape index (κ2) is 10.5. The van der Waals surface area contributed by atoms with Gasteiger partial charge in [-0.3, -0.25) is 10.2 Å². The van der Waals surface area contributed by atoms with Crippen molar-refractivity contribution in [3.8, 4) is 11.5 Å². The number of hydrazone groups is 1. The summed E-state index contributed by atoms with van der Waals surface area (Å²) < 4.78 is 16.4. The van der Waals surface area contributed by atoms with Gasteiger partial charge in [0.2, 0.25) is 0 Å². The Morgan fingerprint density at radius 1 is 1.21 bits per heavy atom. The Bertz CT molecular complexity index is 1180. The summed E-state index contributed by atoms with van der Waals surface area (Å²) in [4.78, 5) is 18.6. The number of anilines is 1. The number of methoxy groups -OCH3 is 1. The van der Waals surface area contributed by atoms with E-state index in [0.717, 1.165) is 22.0 Å². The summed E-state index contributed by atoms with van der Waals surface area (Å²) in [5.41, 5.74) is 5.65. The number of halogens is 1. The minimum absolute atomic E-state index is 0.0520. The van der Waals surface area contributed by atoms with Gasteiger partial charge in [0.25, 0.3) is 5.91 Å². The number of pyridine rings is 1. The van der Waals surface area contributed by atoms with E-state index >= 15 is 0 Å². The van der Waals surface area contributed by atoms with E-state index in [-0.39, 0.29) is 12.5 Å². The number of hydrogen-bond donors (Lipinski definition) is 1. The number of fused-ring (bicyclic) bond motifs is 1. The lowest BCUT2D eigenvalue weighted by Crippen LogP contribution is -2.43. The molecule has 1 aliphatic heterocycles. The fourth-order valence-electron chi connectivity index (χ4n) is 3.52. The van der Waals surface area contributed by atoms with Gasteiger partial charge in [-0.2, -0.15) is 5.10 Å². The van der Waals surface area contributed by atoms with Crippen molar-refractivity contribution in [3.05, 3.63) is 58.6 Å². The van der Waals surface area contributed by atoms with E-state index in [0.29, 0.717) is 48.6 Å². The number of carbonyl (C=O) groups excluding carboxylic acids is 1. The van der Waals surface area contributed by atoms with Crippen molar-refractivity contribution in [2.75, 3.05) is 45.4 Å². The average molecular weight is 469 g/mol. The molecule has 1 amide bonds. The van der Waals surface area contributed by atoms with Crippen LogP contribution in [0.25, 0.3) is 10.9 Å². The topological polar surface area (TPSA) is 85.3 Å². The molecule has 2 heterocycles. The van der Waals surface area contributed by atoms with Crippen molar-refractivity contribution in [1.29, 1.82) is 0 Å². The highest BCUT2D eigenvalue weighted by Gasteiger charge is 2.18. The van der Waals surface area contributed by atoms with Gasteiger partial charge in [0.05, 0.1) is 32.1 Å². The van der Waals surface area contributed by atoms with Crippen LogP contribution in [0.2, 0.25) is 5.02 Å². The highest BCUT2D eigenvalue weighted by Crippen LogP contribution is 2.28. The Morgan fingerprint density at radius 3 is 2.82 bits per heavy atom. The first kappa shape index (κ1) is 22.8. The summed E-state index contributed by atoms with van der Waals surface area (Å²) >= 11 is 6.08. The Morgan fingerprint density at radius 2 is 2.03 bits per heavy atom. The van der Waals surface area contributed by atoms with Gasteiger partial charge in [-0.1, -0.05) is 11.6 Å². The number of aromatic nitrogens is 1. The quantitative estimate of drug-likeness (QED) is 0.418. The molecular weight excluding hydrogens is 444 g/mol. The molecule has 9 heteroatoms. The van der Waals surface area contributed by atoms with Crippen LogP contribution in [0.15, 0.2) is 47.6 Å². The third-order valence-corrected chi connectivity index (χ3v) is 5.51. The zero-order valence-corrected chi connectivity index (χ0v) is 19.3. The van der Waals surface area contributed by atoms with E-state index in [9.17, 15) is 4.79 Å². The molecule has 1 N–H and O–H groups in total. The number of aryl methyl sites for hydroxylation is 1. The molecule has 1 aliphatic rings. The van der Waals surface area contributed by atoms with Gasteiger partial charge in [-0.05, 0) is 60.5 Å². The van der Waals surface area contributed by atoms with Crippen LogP contribution in [-0.2, 0) is 9.53 Å². The third-order valence-electron chi connectivity index (χ3n) is 5.27. The molecule has 172 valence electrons. The van der Waals surface area contributed by atoms with Gasteiger partial charge in [-0.15, -0.1) is 0 Å². The minimum atomic E-state index is -0.0735. The molecule has 1 fully saturated rings. The number of amides is 1. The normalized spacial score (nSPS) is 14.0. The van der Waals surface area contributed by atoms with Crippen molar-refractivity contribution in [3.63, 3.8) is 0 Å². The number of hydrogen-bond acceptors (Lipinski definition) is 7. The summed E-state index contributed by atoms with van der Waals surface area (Å²) in [6, 6.07) is 12.9. The molecule has 0 unspecified atom stereocenters. The van der Waals surface area contributed by atoms with Crippen LogP contribution < -0.4 is 14.9 Å². The summed E-state index contributed by atoms with van der Waals surface area (Å²) in [6.45, 7) is 4.23. The fourth-order valence-corrected chi connectivity index (χ4v) is 3.70. The number of ether oxygens (including phenoxy) is 3. The highest BCUT2D eigenvalue weighted by molar-refractivity contribution is 6.31. The molecule has 1 saturated heterocycles. The van der Waals surface area contributed by atoms with Crippen molar-refractivity contribution in [1.82, 2.24) is 9.88 Å². The average Bonchev–Trinajstić information content (AvgIpc) is 2.84. The monoisotopic (exact) mass is 468 g/mol. The van der Waals surface area contributed by atoms with E-state index in [1.54, 1.807) is 30.4 Å². The van der Waals surface area contributed by atoms with Crippen LogP contribution >= 0.6 is 11.6 Å². The molecule has 0 saturated carbocycles. The zero-order chi connectivity index (χ0) is 23.2. The smallest absolute Gasteiger partial charge is 0.260 e. The molecule has 0 spiro atoms. The van der Waals surface area contributed by atoms with E-state index in [1.165, 1.54) is 0 Å². The Balaban J connectivity index is 1.39. The van der Waals surface area contributed by atoms with Crippen molar-refractivity contribution >= 4 is 40.4 Å². The maximum absolute atomic E-state index is 12.3. The first-order valence-electron chi connectivity index (χ1n) is 10.6. The van der Waals surface area contributed by atoms with E-state index < -0.39 is 0 Å². The van der Waals surface area contributed by atoms with Gasteiger partial charge in [0.1, 0.15) is 5.82 Å². The number of benzene rings is 2. The molecule has 0 aliphatic carbocycles. The molecule has 0 atom stereocenters. The lowest BCUT2D eigenvalue weighted by atomic mass is 10.1. The first-order chi connectivity index (χ1) is 16.0. The van der Waals surface area contributed by atoms with Gasteiger partial charge in [0, 0.05) is 23.5 Å². The van der Waals surface area contributed by atoms with Gasteiger partial charge in [0.15, 0.2) is 18.1 Å². The largest absolute Gasteiger partial charge is 0.493 e. The summed E-state index contributed by atoms with van der Waals surface area (Å²) in [7, 11) is 1.55. The van der Waals surface area contributed by atoms with E-state index in [1.807, 2.05) is 37.3 Å². The molecule has 33 heavy (non-hydrogen) atoms. The van der Waals surface area contributed by atoms with Crippen LogP contribution in [0.4, 0.5) is 5.82 Å². The number of morpholine rings is 1. The van der Waals surface area contributed by atoms with Crippen molar-refractivity contribution in [2.45, 2.75) is 6.92 Å². The Hall–Kier alpha value is -3.36. The number of carbonyl (C=O) groups is 1. The maximum Gasteiger partial charge on any atom is 0.260 e. The predicted molar refractivity (Wildman–Crippen MR) is 129 cm³/mol. The summed E-state index contributed by atoms with van der Waals surface area (Å²) in [5, 5.41) is 5.97. The molecule has 4 rings (SSSR count). The third kappa shape index (κ3) is 5.71. The lowest BCUT2D eigenvalue weighted by molar-refractivity contribution is -0.137. The van der Waals surface area contributed by atoms with Crippen LogP contribution in [0.5, 0.6) is 11.5 Å². The molecular formula is C24H25ClN4O4. The van der Waals surface area contributed by atoms with Crippen LogP contribution in [0.1, 0.15) is 11.1 Å². The molecule has 2 aromatic carbocycles. The zero-order valence-electron chi connectivity index (χ0n) is 18.5. The summed E-state index contributed by atoms with van der Waals surface area (Å²) in [5.74, 6) is 1.57. The molecule has 0 radical (unpaired) electrons. The minimum Gasteiger partial charge on any atom is -0.493 e. The van der Waals surface area contributed by atoms with E-state index in [4.69, 9.17) is 25.8 Å². The highest BCUT2D eigenvalue weighted by atomic mass is 35.5. The standard InChI is InChI=1S/C24H25ClN4O4/c1-16-11-23(27-20-5-4-18(25)13-19(16)20)28-26-14-17-3-6-21(22(12-17)31-2)33-15-24(30)29-7-9-32-10-8-29/h3-6,11-14H,7-10,15H2,1-2H3,(H,27,28). The van der Waals surface area contributed by atoms with Crippen molar-refractivity contribution < 1.29 is 19.0 Å². The Labute approximate surface area is 197 Å². The van der Waals surface area contributed by atoms with Gasteiger partial charge < -0.3 is 19.1 Å². The number of nitrogens with zero attached hydrogens (tertiary/aromatic N) is 3. The summed E-state index contributed by atoms with van der Waals surface area (Å²) in [6.07, 6.45) is 1.66. The SMILES string of the molecule is COc1cc(C=NNc2cc(C)c3cc(Cl)ccc3n2)ccc1OCC(=O)N1CCOCC1. The number of nitrogens with one attached hydrogen (secondary N) is 1. The van der Waals surface area contributed by atoms with Gasteiger partial charge >= 0.3 is 0 Å². The maximum atomic E-state index is 12.3. The van der Waals surface area contributed by atoms with Gasteiger partial charge in [-0.25, -0.2) is 4.98 Å². The predicted octanol–water partition coefficient (Wildman–Crippen LogP) is 3.89. The number of rotatable bonds is 7. The Kier molecular flexibility index (Phi) is 7.26. The molecule has 1 aromatic heterocycles. The second-order valence-corrected chi connectivity index (χ2v) is 7.98. The van der Waals surface area contributed by atoms with Crippen molar-refractivity contribution in [2.24, 2.45) is 5.10 Å². The molecule has 0 bridgehead atoms.